The number of hydrogen-bond donors (Lipinski definition) is 1. The summed E-state index contributed by atoms with van der Waals surface area (Å²) < 4.78 is 28.0. The van der Waals surface area contributed by atoms with E-state index in [0.717, 1.165) is 26.1 Å². The molecule has 1 fully saturated rings. The minimum atomic E-state index is -0.484. The molecule has 0 radical (unpaired) electrons. The lowest BCUT2D eigenvalue weighted by atomic mass is 9.90. The fourth-order valence-electron chi connectivity index (χ4n) is 2.77. The number of nitrogens with one attached hydrogen (secondary N) is 1. The molecule has 1 N–H and O–H groups in total. The van der Waals surface area contributed by atoms with Gasteiger partial charge in [-0.3, -0.25) is 4.90 Å². The molecule has 106 valence electrons. The standard InChI is InChI=1S/C14H19BrF2N2/c1-14(8-18-2)5-6-19(9-14)7-10-12(16)4-3-11(15)13(10)17/h3-4,18H,5-9H2,1-2H3. The van der Waals surface area contributed by atoms with Crippen LogP contribution in [0.3, 0.4) is 0 Å². The van der Waals surface area contributed by atoms with Gasteiger partial charge in [-0.05, 0) is 53.5 Å². The normalized spacial score (nSPS) is 24.1. The maximum Gasteiger partial charge on any atom is 0.144 e. The summed E-state index contributed by atoms with van der Waals surface area (Å²) >= 11 is 3.11. The third kappa shape index (κ3) is 3.33. The molecule has 1 saturated heterocycles. The molecule has 2 nitrogen and oxygen atoms in total. The van der Waals surface area contributed by atoms with Crippen LogP contribution in [0.4, 0.5) is 8.78 Å². The molecule has 1 heterocycles. The first-order valence-electron chi connectivity index (χ1n) is 6.44. The van der Waals surface area contributed by atoms with Gasteiger partial charge in [0.15, 0.2) is 0 Å². The van der Waals surface area contributed by atoms with E-state index in [4.69, 9.17) is 0 Å². The largest absolute Gasteiger partial charge is 0.319 e. The number of halogens is 3. The molecule has 0 saturated carbocycles. The Morgan fingerprint density at radius 3 is 2.84 bits per heavy atom. The predicted molar refractivity (Wildman–Crippen MR) is 76.0 cm³/mol. The molecule has 19 heavy (non-hydrogen) atoms. The first-order valence-corrected chi connectivity index (χ1v) is 7.24. The summed E-state index contributed by atoms with van der Waals surface area (Å²) in [4.78, 5) is 2.12. The van der Waals surface area contributed by atoms with Gasteiger partial charge in [0.25, 0.3) is 0 Å². The van der Waals surface area contributed by atoms with Gasteiger partial charge in [0.2, 0.25) is 0 Å². The van der Waals surface area contributed by atoms with Crippen molar-refractivity contribution in [2.24, 2.45) is 5.41 Å². The third-order valence-electron chi connectivity index (χ3n) is 3.76. The molecule has 1 aliphatic rings. The minimum absolute atomic E-state index is 0.156. The fraction of sp³-hybridized carbons (Fsp3) is 0.571. The Bertz CT molecular complexity index is 467. The molecule has 1 atom stereocenters. The topological polar surface area (TPSA) is 15.3 Å². The van der Waals surface area contributed by atoms with Crippen LogP contribution in [0.15, 0.2) is 16.6 Å². The molecule has 5 heteroatoms. The van der Waals surface area contributed by atoms with E-state index in [1.54, 1.807) is 0 Å². The van der Waals surface area contributed by atoms with Crippen LogP contribution in [0.25, 0.3) is 0 Å². The second kappa shape index (κ2) is 5.85. The molecule has 1 aliphatic heterocycles. The second-order valence-corrected chi connectivity index (χ2v) is 6.48. The molecule has 0 aromatic heterocycles. The molecule has 0 spiro atoms. The number of likely N-dealkylation sites (tertiary alicyclic amines) is 1. The van der Waals surface area contributed by atoms with Crippen LogP contribution in [-0.2, 0) is 6.54 Å². The van der Waals surface area contributed by atoms with Gasteiger partial charge >= 0.3 is 0 Å². The zero-order chi connectivity index (χ0) is 14.0. The van der Waals surface area contributed by atoms with Gasteiger partial charge in [-0.1, -0.05) is 6.92 Å². The van der Waals surface area contributed by atoms with Crippen molar-refractivity contribution in [1.82, 2.24) is 10.2 Å². The van der Waals surface area contributed by atoms with Crippen LogP contribution < -0.4 is 5.32 Å². The van der Waals surface area contributed by atoms with E-state index in [1.807, 2.05) is 7.05 Å². The van der Waals surface area contributed by atoms with Crippen LogP contribution in [0.5, 0.6) is 0 Å². The molecular weight excluding hydrogens is 314 g/mol. The predicted octanol–water partition coefficient (Wildman–Crippen LogP) is 3.16. The van der Waals surface area contributed by atoms with E-state index in [9.17, 15) is 8.78 Å². The summed E-state index contributed by atoms with van der Waals surface area (Å²) in [6.07, 6.45) is 1.05. The summed E-state index contributed by atoms with van der Waals surface area (Å²) in [6, 6.07) is 2.72. The Morgan fingerprint density at radius 1 is 1.42 bits per heavy atom. The summed E-state index contributed by atoms with van der Waals surface area (Å²) in [5.41, 5.74) is 0.344. The van der Waals surface area contributed by atoms with Crippen molar-refractivity contribution in [3.8, 4) is 0 Å². The monoisotopic (exact) mass is 332 g/mol. The summed E-state index contributed by atoms with van der Waals surface area (Å²) in [7, 11) is 1.93. The van der Waals surface area contributed by atoms with Crippen molar-refractivity contribution in [2.75, 3.05) is 26.7 Å². The van der Waals surface area contributed by atoms with Crippen LogP contribution >= 0.6 is 15.9 Å². The maximum atomic E-state index is 13.9. The zero-order valence-electron chi connectivity index (χ0n) is 11.3. The van der Waals surface area contributed by atoms with Crippen molar-refractivity contribution in [2.45, 2.75) is 19.9 Å². The van der Waals surface area contributed by atoms with E-state index in [2.05, 4.69) is 33.1 Å². The Kier molecular flexibility index (Phi) is 4.58. The first kappa shape index (κ1) is 14.9. The van der Waals surface area contributed by atoms with Gasteiger partial charge in [-0.25, -0.2) is 8.78 Å². The van der Waals surface area contributed by atoms with Gasteiger partial charge in [0.1, 0.15) is 11.6 Å². The highest BCUT2D eigenvalue weighted by Gasteiger charge is 2.33. The SMILES string of the molecule is CNCC1(C)CCN(Cc2c(F)ccc(Br)c2F)C1. The molecule has 0 amide bonds. The number of nitrogens with zero attached hydrogens (tertiary/aromatic N) is 1. The maximum absolute atomic E-state index is 13.9. The Labute approximate surface area is 121 Å². The average molecular weight is 333 g/mol. The average Bonchev–Trinajstić information content (AvgIpc) is 2.72. The van der Waals surface area contributed by atoms with Crippen molar-refractivity contribution in [3.05, 3.63) is 33.8 Å². The highest BCUT2D eigenvalue weighted by molar-refractivity contribution is 9.10. The van der Waals surface area contributed by atoms with Gasteiger partial charge in [-0.2, -0.15) is 0 Å². The van der Waals surface area contributed by atoms with E-state index in [1.165, 1.54) is 12.1 Å². The lowest BCUT2D eigenvalue weighted by Gasteiger charge is -2.24. The molecule has 1 aromatic carbocycles. The van der Waals surface area contributed by atoms with Gasteiger partial charge in [-0.15, -0.1) is 0 Å². The van der Waals surface area contributed by atoms with Crippen LogP contribution in [0.2, 0.25) is 0 Å². The van der Waals surface area contributed by atoms with Crippen LogP contribution in [0, 0.1) is 17.0 Å². The molecule has 2 rings (SSSR count). The van der Waals surface area contributed by atoms with E-state index < -0.39 is 11.6 Å². The quantitative estimate of drug-likeness (QED) is 0.852. The minimum Gasteiger partial charge on any atom is -0.319 e. The molecule has 0 bridgehead atoms. The van der Waals surface area contributed by atoms with E-state index in [0.29, 0.717) is 11.0 Å². The van der Waals surface area contributed by atoms with E-state index in [-0.39, 0.29) is 11.0 Å². The van der Waals surface area contributed by atoms with Crippen LogP contribution in [0.1, 0.15) is 18.9 Å². The van der Waals surface area contributed by atoms with Gasteiger partial charge in [0, 0.05) is 25.2 Å². The Hall–Kier alpha value is -0.520. The summed E-state index contributed by atoms with van der Waals surface area (Å²) in [6.45, 7) is 5.20. The summed E-state index contributed by atoms with van der Waals surface area (Å²) in [5, 5.41) is 3.18. The smallest absolute Gasteiger partial charge is 0.144 e. The van der Waals surface area contributed by atoms with Gasteiger partial charge < -0.3 is 5.32 Å². The van der Waals surface area contributed by atoms with Crippen molar-refractivity contribution >= 4 is 15.9 Å². The third-order valence-corrected chi connectivity index (χ3v) is 4.37. The lowest BCUT2D eigenvalue weighted by Crippen LogP contribution is -2.33. The van der Waals surface area contributed by atoms with Crippen molar-refractivity contribution < 1.29 is 8.78 Å². The highest BCUT2D eigenvalue weighted by Crippen LogP contribution is 2.31. The fourth-order valence-corrected chi connectivity index (χ4v) is 3.14. The van der Waals surface area contributed by atoms with Crippen molar-refractivity contribution in [1.29, 1.82) is 0 Å². The summed E-state index contributed by atoms with van der Waals surface area (Å²) in [5.74, 6) is -0.954. The van der Waals surface area contributed by atoms with Crippen LogP contribution in [-0.4, -0.2) is 31.6 Å². The van der Waals surface area contributed by atoms with Gasteiger partial charge in [0.05, 0.1) is 4.47 Å². The Balaban J connectivity index is 2.09. The molecule has 1 aromatic rings. The molecular formula is C14H19BrF2N2. The second-order valence-electron chi connectivity index (χ2n) is 5.62. The highest BCUT2D eigenvalue weighted by atomic mass is 79.9. The molecule has 1 unspecified atom stereocenters. The number of rotatable bonds is 4. The Morgan fingerprint density at radius 2 is 2.16 bits per heavy atom. The zero-order valence-corrected chi connectivity index (χ0v) is 12.9. The number of hydrogen-bond acceptors (Lipinski definition) is 2. The lowest BCUT2D eigenvalue weighted by molar-refractivity contribution is 0.259. The van der Waals surface area contributed by atoms with E-state index >= 15 is 0 Å². The molecule has 0 aliphatic carbocycles. The van der Waals surface area contributed by atoms with Crippen molar-refractivity contribution in [3.63, 3.8) is 0 Å². The number of benzene rings is 1. The first-order chi connectivity index (χ1) is 8.95.